The Morgan fingerprint density at radius 3 is 2.66 bits per heavy atom. The molecular weight excluding hydrogens is 525 g/mol. The van der Waals surface area contributed by atoms with Gasteiger partial charge in [-0.05, 0) is 44.3 Å². The Hall–Kier alpha value is -3.56. The molecular formula is C26H24F5N5OS. The fourth-order valence-electron chi connectivity index (χ4n) is 4.48. The van der Waals surface area contributed by atoms with Gasteiger partial charge in [0.15, 0.2) is 17.3 Å². The summed E-state index contributed by atoms with van der Waals surface area (Å²) in [7, 11) is 3.68. The predicted molar refractivity (Wildman–Crippen MR) is 132 cm³/mol. The van der Waals surface area contributed by atoms with Gasteiger partial charge in [0.05, 0.1) is 6.54 Å². The number of rotatable bonds is 6. The lowest BCUT2D eigenvalue weighted by atomic mass is 9.83. The zero-order valence-electron chi connectivity index (χ0n) is 20.8. The standard InChI is InChI=1S/C26H24F5N5OS/c1-4-36-13-19(25(33-36)26(29,30)31)23-16(7-8-20(27)24(23)28)18-12-35(22(37)6-5-9-34(2)3)14-21-17(18)10-15(11-32)38-21/h5-8,10,13,18H,4,9,12,14H2,1-3H3/b6-5+. The number of aryl methyl sites for hydroxylation is 1. The molecule has 0 radical (unpaired) electrons. The van der Waals surface area contributed by atoms with Crippen LogP contribution in [0.25, 0.3) is 11.1 Å². The molecule has 0 bridgehead atoms. The second kappa shape index (κ2) is 10.7. The first-order valence-electron chi connectivity index (χ1n) is 11.7. The lowest BCUT2D eigenvalue weighted by Crippen LogP contribution is -2.37. The Morgan fingerprint density at radius 1 is 1.29 bits per heavy atom. The fourth-order valence-corrected chi connectivity index (χ4v) is 5.52. The molecule has 12 heteroatoms. The number of benzene rings is 1. The maximum absolute atomic E-state index is 15.4. The van der Waals surface area contributed by atoms with E-state index in [4.69, 9.17) is 0 Å². The lowest BCUT2D eigenvalue weighted by molar-refractivity contribution is -0.141. The summed E-state index contributed by atoms with van der Waals surface area (Å²) in [6.45, 7) is 2.36. The number of nitrogens with zero attached hydrogens (tertiary/aromatic N) is 5. The Kier molecular flexibility index (Phi) is 7.71. The average Bonchev–Trinajstić information content (AvgIpc) is 3.48. The third-order valence-electron chi connectivity index (χ3n) is 6.23. The molecule has 0 saturated heterocycles. The first-order valence-corrected chi connectivity index (χ1v) is 12.5. The number of hydrogen-bond donors (Lipinski definition) is 0. The van der Waals surface area contributed by atoms with E-state index in [-0.39, 0.29) is 31.1 Å². The average molecular weight is 550 g/mol. The summed E-state index contributed by atoms with van der Waals surface area (Å²) in [6.07, 6.45) is -0.784. The molecule has 1 aromatic carbocycles. The highest BCUT2D eigenvalue weighted by atomic mass is 32.1. The van der Waals surface area contributed by atoms with Crippen LogP contribution in [0.2, 0.25) is 0 Å². The van der Waals surface area contributed by atoms with Gasteiger partial charge in [-0.3, -0.25) is 9.48 Å². The van der Waals surface area contributed by atoms with Crippen LogP contribution >= 0.6 is 11.3 Å². The van der Waals surface area contributed by atoms with Crippen LogP contribution in [0.3, 0.4) is 0 Å². The first-order chi connectivity index (χ1) is 17.9. The van der Waals surface area contributed by atoms with Crippen molar-refractivity contribution in [3.05, 3.63) is 74.8 Å². The zero-order valence-corrected chi connectivity index (χ0v) is 21.6. The van der Waals surface area contributed by atoms with Crippen molar-refractivity contribution in [2.75, 3.05) is 27.2 Å². The smallest absolute Gasteiger partial charge is 0.333 e. The number of aromatic nitrogens is 2. The zero-order chi connectivity index (χ0) is 27.8. The molecule has 6 nitrogen and oxygen atoms in total. The number of alkyl halides is 3. The third-order valence-corrected chi connectivity index (χ3v) is 7.27. The van der Waals surface area contributed by atoms with Gasteiger partial charge in [-0.25, -0.2) is 8.78 Å². The third kappa shape index (κ3) is 5.35. The summed E-state index contributed by atoms with van der Waals surface area (Å²) in [5.74, 6) is -3.89. The Labute approximate surface area is 220 Å². The number of carbonyl (C=O) groups is 1. The van der Waals surface area contributed by atoms with Crippen LogP contribution in [0.4, 0.5) is 22.0 Å². The summed E-state index contributed by atoms with van der Waals surface area (Å²) in [4.78, 5) is 17.4. The molecule has 3 heterocycles. The first kappa shape index (κ1) is 27.5. The van der Waals surface area contributed by atoms with Gasteiger partial charge in [-0.2, -0.15) is 23.5 Å². The van der Waals surface area contributed by atoms with Crippen molar-refractivity contribution in [2.24, 2.45) is 0 Å². The maximum Gasteiger partial charge on any atom is 0.435 e. The summed E-state index contributed by atoms with van der Waals surface area (Å²) < 4.78 is 72.7. The number of hydrogen-bond acceptors (Lipinski definition) is 5. The van der Waals surface area contributed by atoms with E-state index in [1.807, 2.05) is 19.0 Å². The van der Waals surface area contributed by atoms with Gasteiger partial charge in [0, 0.05) is 53.8 Å². The van der Waals surface area contributed by atoms with Crippen molar-refractivity contribution in [2.45, 2.75) is 32.1 Å². The number of thiophene rings is 1. The van der Waals surface area contributed by atoms with Crippen LogP contribution in [0.1, 0.15) is 39.4 Å². The Bertz CT molecular complexity index is 1430. The Morgan fingerprint density at radius 2 is 2.03 bits per heavy atom. The molecule has 1 atom stereocenters. The molecule has 0 aliphatic carbocycles. The van der Waals surface area contributed by atoms with Crippen LogP contribution in [0, 0.1) is 23.0 Å². The molecule has 3 aromatic rings. The molecule has 38 heavy (non-hydrogen) atoms. The van der Waals surface area contributed by atoms with Crippen molar-refractivity contribution < 1.29 is 26.7 Å². The van der Waals surface area contributed by atoms with Gasteiger partial charge in [0.25, 0.3) is 0 Å². The number of nitriles is 1. The van der Waals surface area contributed by atoms with Gasteiger partial charge >= 0.3 is 6.18 Å². The highest BCUT2D eigenvalue weighted by Crippen LogP contribution is 2.45. The monoisotopic (exact) mass is 549 g/mol. The molecule has 2 aromatic heterocycles. The summed E-state index contributed by atoms with van der Waals surface area (Å²) in [6, 6.07) is 5.75. The van der Waals surface area contributed by atoms with E-state index in [1.54, 1.807) is 19.1 Å². The van der Waals surface area contributed by atoms with Crippen molar-refractivity contribution in [1.29, 1.82) is 5.26 Å². The minimum atomic E-state index is -4.92. The van der Waals surface area contributed by atoms with Crippen LogP contribution in [0.5, 0.6) is 0 Å². The number of fused-ring (bicyclic) bond motifs is 1. The van der Waals surface area contributed by atoms with E-state index in [0.717, 1.165) is 28.3 Å². The van der Waals surface area contributed by atoms with E-state index >= 15 is 4.39 Å². The maximum atomic E-state index is 15.4. The highest BCUT2D eigenvalue weighted by molar-refractivity contribution is 7.12. The van der Waals surface area contributed by atoms with Gasteiger partial charge in [0.1, 0.15) is 10.9 Å². The summed E-state index contributed by atoms with van der Waals surface area (Å²) >= 11 is 1.16. The molecule has 0 saturated carbocycles. The van der Waals surface area contributed by atoms with Gasteiger partial charge < -0.3 is 9.80 Å². The molecule has 1 aliphatic rings. The van der Waals surface area contributed by atoms with Crippen LogP contribution < -0.4 is 0 Å². The minimum absolute atomic E-state index is 0.00107. The van der Waals surface area contributed by atoms with Crippen molar-refractivity contribution in [3.63, 3.8) is 0 Å². The molecule has 0 fully saturated rings. The fraction of sp³-hybridized carbons (Fsp3) is 0.346. The van der Waals surface area contributed by atoms with E-state index < -0.39 is 40.5 Å². The van der Waals surface area contributed by atoms with Crippen molar-refractivity contribution in [3.8, 4) is 17.2 Å². The topological polar surface area (TPSA) is 65.2 Å². The van der Waals surface area contributed by atoms with Gasteiger partial charge in [0.2, 0.25) is 5.91 Å². The van der Waals surface area contributed by atoms with Crippen LogP contribution in [-0.4, -0.2) is 52.7 Å². The summed E-state index contributed by atoms with van der Waals surface area (Å²) in [5, 5.41) is 13.0. The van der Waals surface area contributed by atoms with E-state index in [2.05, 4.69) is 11.2 Å². The molecule has 0 N–H and O–H groups in total. The van der Waals surface area contributed by atoms with Crippen molar-refractivity contribution >= 4 is 17.2 Å². The quantitative estimate of drug-likeness (QED) is 0.306. The molecule has 1 amide bonds. The number of carbonyl (C=O) groups excluding carboxylic acids is 1. The lowest BCUT2D eigenvalue weighted by Gasteiger charge is -2.33. The SMILES string of the molecule is CCn1cc(-c2c(C3CN(C(=O)/C=C/CN(C)C)Cc4sc(C#N)cc43)ccc(F)c2F)c(C(F)(F)F)n1. The van der Waals surface area contributed by atoms with E-state index in [9.17, 15) is 27.6 Å². The number of halogens is 5. The second-order valence-electron chi connectivity index (χ2n) is 9.11. The van der Waals surface area contributed by atoms with Crippen LogP contribution in [0.15, 0.2) is 36.5 Å². The van der Waals surface area contributed by atoms with Crippen LogP contribution in [-0.2, 0) is 24.1 Å². The normalized spacial score (nSPS) is 15.8. The minimum Gasteiger partial charge on any atom is -0.333 e. The van der Waals surface area contributed by atoms with Gasteiger partial charge in [-0.15, -0.1) is 11.3 Å². The molecule has 1 aliphatic heterocycles. The summed E-state index contributed by atoms with van der Waals surface area (Å²) in [5.41, 5.74) is -1.81. The van der Waals surface area contributed by atoms with E-state index in [0.29, 0.717) is 21.9 Å². The molecule has 200 valence electrons. The molecule has 1 unspecified atom stereocenters. The largest absolute Gasteiger partial charge is 0.435 e. The Balaban J connectivity index is 1.89. The highest BCUT2D eigenvalue weighted by Gasteiger charge is 2.40. The van der Waals surface area contributed by atoms with Gasteiger partial charge in [-0.1, -0.05) is 12.1 Å². The number of amides is 1. The van der Waals surface area contributed by atoms with E-state index in [1.165, 1.54) is 17.0 Å². The number of likely N-dealkylation sites (N-methyl/N-ethyl adjacent to an activating group) is 1. The second-order valence-corrected chi connectivity index (χ2v) is 10.2. The predicted octanol–water partition coefficient (Wildman–Crippen LogP) is 5.39. The molecule has 0 spiro atoms. The van der Waals surface area contributed by atoms with Crippen molar-refractivity contribution in [1.82, 2.24) is 19.6 Å². The molecule has 4 rings (SSSR count).